The molecule has 0 unspecified atom stereocenters. The average molecular weight is 297 g/mol. The van der Waals surface area contributed by atoms with Gasteiger partial charge in [-0.15, -0.1) is 0 Å². The van der Waals surface area contributed by atoms with Crippen molar-refractivity contribution in [3.05, 3.63) is 0 Å². The summed E-state index contributed by atoms with van der Waals surface area (Å²) in [7, 11) is 5.65. The van der Waals surface area contributed by atoms with Crippen LogP contribution >= 0.6 is 11.8 Å². The van der Waals surface area contributed by atoms with Gasteiger partial charge in [0.2, 0.25) is 17.8 Å². The molecule has 20 heavy (non-hydrogen) atoms. The summed E-state index contributed by atoms with van der Waals surface area (Å²) in [6.45, 7) is 4.23. The summed E-state index contributed by atoms with van der Waals surface area (Å²) in [5.41, 5.74) is 0. The Balaban J connectivity index is 1.89. The van der Waals surface area contributed by atoms with E-state index in [0.717, 1.165) is 13.1 Å². The lowest BCUT2D eigenvalue weighted by Gasteiger charge is -2.26. The van der Waals surface area contributed by atoms with Gasteiger partial charge in [0.15, 0.2) is 0 Å². The second kappa shape index (κ2) is 7.49. The predicted molar refractivity (Wildman–Crippen MR) is 86.0 cm³/mol. The molecule has 1 aliphatic rings. The molecule has 2 rings (SSSR count). The molecule has 1 aliphatic heterocycles. The van der Waals surface area contributed by atoms with Crippen molar-refractivity contribution in [3.8, 4) is 0 Å². The first-order chi connectivity index (χ1) is 9.69. The van der Waals surface area contributed by atoms with Gasteiger partial charge in [0.05, 0.1) is 0 Å². The first-order valence-electron chi connectivity index (χ1n) is 6.84. The fraction of sp³-hybridized carbons (Fsp3) is 0.750. The summed E-state index contributed by atoms with van der Waals surface area (Å²) in [6.07, 6.45) is 0. The largest absolute Gasteiger partial charge is 0.357 e. The second-order valence-electron chi connectivity index (χ2n) is 4.81. The normalized spacial score (nSPS) is 15.9. The summed E-state index contributed by atoms with van der Waals surface area (Å²) < 4.78 is 0. The van der Waals surface area contributed by atoms with Crippen LogP contribution in [0.4, 0.5) is 17.8 Å². The highest BCUT2D eigenvalue weighted by Crippen LogP contribution is 2.11. The molecule has 0 aromatic carbocycles. The summed E-state index contributed by atoms with van der Waals surface area (Å²) in [5.74, 6) is 4.34. The van der Waals surface area contributed by atoms with E-state index in [9.17, 15) is 0 Å². The number of aromatic nitrogens is 3. The van der Waals surface area contributed by atoms with Crippen LogP contribution in [0.3, 0.4) is 0 Å². The first kappa shape index (κ1) is 15.1. The van der Waals surface area contributed by atoms with Gasteiger partial charge in [-0.25, -0.2) is 0 Å². The molecule has 0 amide bonds. The van der Waals surface area contributed by atoms with E-state index in [2.05, 4.69) is 30.5 Å². The minimum Gasteiger partial charge on any atom is -0.357 e. The van der Waals surface area contributed by atoms with Crippen LogP contribution in [0.15, 0.2) is 0 Å². The molecular weight excluding hydrogens is 274 g/mol. The predicted octanol–water partition coefficient (Wildman–Crippen LogP) is 0.440. The molecule has 1 aromatic heterocycles. The smallest absolute Gasteiger partial charge is 0.231 e. The van der Waals surface area contributed by atoms with Crippen LogP contribution < -0.4 is 15.5 Å². The van der Waals surface area contributed by atoms with E-state index >= 15 is 0 Å². The Morgan fingerprint density at radius 2 is 1.85 bits per heavy atom. The Kier molecular flexibility index (Phi) is 5.66. The molecular formula is C12H23N7S. The monoisotopic (exact) mass is 297 g/mol. The topological polar surface area (TPSA) is 69.2 Å². The molecule has 0 aliphatic carbocycles. The summed E-state index contributed by atoms with van der Waals surface area (Å²) >= 11 is 2.03. The van der Waals surface area contributed by atoms with E-state index in [0.29, 0.717) is 17.8 Å². The zero-order valence-corrected chi connectivity index (χ0v) is 13.2. The molecule has 0 saturated carbocycles. The van der Waals surface area contributed by atoms with Crippen LogP contribution in [0.5, 0.6) is 0 Å². The van der Waals surface area contributed by atoms with E-state index in [1.165, 1.54) is 24.6 Å². The lowest BCUT2D eigenvalue weighted by atomic mass is 10.4. The van der Waals surface area contributed by atoms with Crippen LogP contribution in [-0.2, 0) is 0 Å². The molecule has 8 heteroatoms. The van der Waals surface area contributed by atoms with Crippen LogP contribution in [-0.4, -0.2) is 78.7 Å². The molecule has 0 atom stereocenters. The second-order valence-corrected chi connectivity index (χ2v) is 6.03. The number of anilines is 3. The number of rotatable bonds is 6. The van der Waals surface area contributed by atoms with E-state index in [1.54, 1.807) is 0 Å². The highest BCUT2D eigenvalue weighted by molar-refractivity contribution is 7.99. The number of hydrogen-bond donors (Lipinski definition) is 2. The lowest BCUT2D eigenvalue weighted by molar-refractivity contribution is 0.314. The van der Waals surface area contributed by atoms with Crippen molar-refractivity contribution in [2.45, 2.75) is 0 Å². The number of nitrogens with zero attached hydrogens (tertiary/aromatic N) is 5. The molecule has 2 heterocycles. The van der Waals surface area contributed by atoms with Crippen LogP contribution in [0.1, 0.15) is 0 Å². The molecule has 7 nitrogen and oxygen atoms in total. The van der Waals surface area contributed by atoms with E-state index in [-0.39, 0.29) is 0 Å². The molecule has 1 aromatic rings. The van der Waals surface area contributed by atoms with Crippen molar-refractivity contribution in [2.24, 2.45) is 0 Å². The van der Waals surface area contributed by atoms with Gasteiger partial charge in [-0.05, 0) is 0 Å². The van der Waals surface area contributed by atoms with Crippen molar-refractivity contribution < 1.29 is 0 Å². The minimum atomic E-state index is 0.584. The highest BCUT2D eigenvalue weighted by Gasteiger charge is 2.10. The van der Waals surface area contributed by atoms with Crippen LogP contribution in [0.2, 0.25) is 0 Å². The zero-order chi connectivity index (χ0) is 14.4. The maximum atomic E-state index is 4.39. The van der Waals surface area contributed by atoms with Gasteiger partial charge in [-0.2, -0.15) is 26.7 Å². The number of hydrogen-bond acceptors (Lipinski definition) is 8. The molecule has 1 fully saturated rings. The maximum absolute atomic E-state index is 4.39. The third-order valence-corrected chi connectivity index (χ3v) is 4.00. The minimum absolute atomic E-state index is 0.584. The van der Waals surface area contributed by atoms with Gasteiger partial charge >= 0.3 is 0 Å². The molecule has 2 N–H and O–H groups in total. The molecule has 0 radical (unpaired) electrons. The van der Waals surface area contributed by atoms with Crippen LogP contribution in [0, 0.1) is 0 Å². The van der Waals surface area contributed by atoms with Gasteiger partial charge in [0.25, 0.3) is 0 Å². The number of nitrogens with one attached hydrogen (secondary N) is 2. The van der Waals surface area contributed by atoms with Gasteiger partial charge in [-0.3, -0.25) is 4.90 Å². The summed E-state index contributed by atoms with van der Waals surface area (Å²) in [4.78, 5) is 17.3. The van der Waals surface area contributed by atoms with Crippen LogP contribution in [0.25, 0.3) is 0 Å². The van der Waals surface area contributed by atoms with E-state index < -0.39 is 0 Å². The summed E-state index contributed by atoms with van der Waals surface area (Å²) in [5, 5.41) is 6.24. The SMILES string of the molecule is CNc1nc(NCCN2CCSCC2)nc(N(C)C)n1. The fourth-order valence-electron chi connectivity index (χ4n) is 1.91. The Hall–Kier alpha value is -1.28. The third-order valence-electron chi connectivity index (χ3n) is 3.06. The van der Waals surface area contributed by atoms with E-state index in [1.807, 2.05) is 37.8 Å². The number of thioether (sulfide) groups is 1. The van der Waals surface area contributed by atoms with Crippen molar-refractivity contribution >= 4 is 29.6 Å². The van der Waals surface area contributed by atoms with Crippen molar-refractivity contribution in [2.75, 3.05) is 74.4 Å². The average Bonchev–Trinajstić information content (AvgIpc) is 2.48. The molecule has 0 bridgehead atoms. The van der Waals surface area contributed by atoms with Crippen molar-refractivity contribution in [1.82, 2.24) is 19.9 Å². The standard InChI is InChI=1S/C12H23N7S/c1-13-10-15-11(17-12(16-10)18(2)3)14-4-5-19-6-8-20-9-7-19/h4-9H2,1-3H3,(H2,13,14,15,16,17). The molecule has 1 saturated heterocycles. The highest BCUT2D eigenvalue weighted by atomic mass is 32.2. The quantitative estimate of drug-likeness (QED) is 0.784. The fourth-order valence-corrected chi connectivity index (χ4v) is 2.88. The van der Waals surface area contributed by atoms with Gasteiger partial charge in [0, 0.05) is 58.8 Å². The first-order valence-corrected chi connectivity index (χ1v) is 7.99. The Labute approximate surface area is 124 Å². The van der Waals surface area contributed by atoms with Gasteiger partial charge < -0.3 is 15.5 Å². The van der Waals surface area contributed by atoms with Crippen molar-refractivity contribution in [3.63, 3.8) is 0 Å². The lowest BCUT2D eigenvalue weighted by Crippen LogP contribution is -2.36. The van der Waals surface area contributed by atoms with Gasteiger partial charge in [-0.1, -0.05) is 0 Å². The molecule has 0 spiro atoms. The Morgan fingerprint density at radius 3 is 2.50 bits per heavy atom. The Morgan fingerprint density at radius 1 is 1.15 bits per heavy atom. The van der Waals surface area contributed by atoms with Crippen molar-refractivity contribution in [1.29, 1.82) is 0 Å². The third kappa shape index (κ3) is 4.38. The molecule has 112 valence electrons. The zero-order valence-electron chi connectivity index (χ0n) is 12.4. The van der Waals surface area contributed by atoms with Gasteiger partial charge in [0.1, 0.15) is 0 Å². The Bertz CT molecular complexity index is 420. The summed E-state index contributed by atoms with van der Waals surface area (Å²) in [6, 6.07) is 0. The maximum Gasteiger partial charge on any atom is 0.231 e. The van der Waals surface area contributed by atoms with E-state index in [4.69, 9.17) is 0 Å².